The van der Waals surface area contributed by atoms with Crippen molar-refractivity contribution < 1.29 is 9.53 Å². The number of likely N-dealkylation sites (tertiary alicyclic amines) is 1. The van der Waals surface area contributed by atoms with E-state index in [-0.39, 0.29) is 11.9 Å². The molecule has 4 nitrogen and oxygen atoms in total. The molecule has 2 heterocycles. The predicted octanol–water partition coefficient (Wildman–Crippen LogP) is 2.89. The Morgan fingerprint density at radius 1 is 1.08 bits per heavy atom. The number of likely N-dealkylation sites (N-methyl/N-ethyl adjacent to an activating group) is 1. The molecule has 1 saturated carbocycles. The van der Waals surface area contributed by atoms with Crippen molar-refractivity contribution in [2.75, 3.05) is 33.3 Å². The molecule has 3 aliphatic rings. The summed E-state index contributed by atoms with van der Waals surface area (Å²) in [5.74, 6) is 0.405. The van der Waals surface area contributed by atoms with E-state index in [1.165, 1.54) is 18.4 Å². The van der Waals surface area contributed by atoms with Crippen molar-refractivity contribution in [1.82, 2.24) is 9.80 Å². The smallest absolute Gasteiger partial charge is 0.309 e. The maximum atomic E-state index is 12.6. The number of esters is 1. The molecule has 4 rings (SSSR count). The third-order valence-corrected chi connectivity index (χ3v) is 6.62. The zero-order valence-electron chi connectivity index (χ0n) is 15.3. The van der Waals surface area contributed by atoms with Gasteiger partial charge in [0, 0.05) is 31.7 Å². The molecule has 2 bridgehead atoms. The predicted molar refractivity (Wildman–Crippen MR) is 98.5 cm³/mol. The lowest BCUT2D eigenvalue weighted by Crippen LogP contribution is -2.52. The van der Waals surface area contributed by atoms with Crippen molar-refractivity contribution >= 4 is 5.97 Å². The highest BCUT2D eigenvalue weighted by Gasteiger charge is 2.38. The minimum absolute atomic E-state index is 0.0171. The van der Waals surface area contributed by atoms with Gasteiger partial charge in [-0.2, -0.15) is 0 Å². The monoisotopic (exact) mass is 342 g/mol. The third-order valence-electron chi connectivity index (χ3n) is 6.62. The van der Waals surface area contributed by atoms with Crippen LogP contribution in [0.25, 0.3) is 0 Å². The third kappa shape index (κ3) is 3.61. The molecule has 4 heteroatoms. The Kier molecular flexibility index (Phi) is 5.09. The van der Waals surface area contributed by atoms with Crippen molar-refractivity contribution in [2.24, 2.45) is 5.92 Å². The normalized spacial score (nSPS) is 32.8. The number of hydrogen-bond acceptors (Lipinski definition) is 4. The van der Waals surface area contributed by atoms with Crippen molar-refractivity contribution in [3.63, 3.8) is 0 Å². The molecule has 3 fully saturated rings. The number of fused-ring (bicyclic) bond motifs is 2. The molecule has 1 aromatic carbocycles. The van der Waals surface area contributed by atoms with Crippen LogP contribution in [0.1, 0.15) is 43.6 Å². The van der Waals surface area contributed by atoms with E-state index in [0.717, 1.165) is 38.9 Å². The van der Waals surface area contributed by atoms with Crippen LogP contribution in [-0.2, 0) is 9.53 Å². The average Bonchev–Trinajstić information content (AvgIpc) is 3.18. The molecule has 2 aliphatic heterocycles. The minimum Gasteiger partial charge on any atom is -0.464 e. The van der Waals surface area contributed by atoms with Gasteiger partial charge in [-0.15, -0.1) is 0 Å². The first-order valence-corrected chi connectivity index (χ1v) is 9.88. The Morgan fingerprint density at radius 2 is 1.80 bits per heavy atom. The van der Waals surface area contributed by atoms with Crippen molar-refractivity contribution in [3.05, 3.63) is 35.9 Å². The SMILES string of the molecule is CN1C2CCC1CN(CCOC(=O)C1CCCC1c1ccccc1)C2. The van der Waals surface area contributed by atoms with E-state index in [4.69, 9.17) is 4.74 Å². The van der Waals surface area contributed by atoms with E-state index in [1.54, 1.807) is 0 Å². The zero-order chi connectivity index (χ0) is 17.2. The van der Waals surface area contributed by atoms with Crippen LogP contribution in [0.2, 0.25) is 0 Å². The van der Waals surface area contributed by atoms with Gasteiger partial charge in [0.25, 0.3) is 0 Å². The lowest BCUT2D eigenvalue weighted by Gasteiger charge is -2.38. The summed E-state index contributed by atoms with van der Waals surface area (Å²) in [5.41, 5.74) is 1.29. The Bertz CT molecular complexity index is 577. The fourth-order valence-electron chi connectivity index (χ4n) is 5.11. The highest BCUT2D eigenvalue weighted by atomic mass is 16.5. The zero-order valence-corrected chi connectivity index (χ0v) is 15.3. The summed E-state index contributed by atoms with van der Waals surface area (Å²) >= 11 is 0. The number of nitrogens with zero attached hydrogens (tertiary/aromatic N) is 2. The van der Waals surface area contributed by atoms with E-state index in [1.807, 2.05) is 6.07 Å². The number of benzene rings is 1. The van der Waals surface area contributed by atoms with Gasteiger partial charge >= 0.3 is 5.97 Å². The fourth-order valence-corrected chi connectivity index (χ4v) is 5.11. The Balaban J connectivity index is 1.26. The van der Waals surface area contributed by atoms with Gasteiger partial charge in [0.2, 0.25) is 0 Å². The van der Waals surface area contributed by atoms with Gasteiger partial charge in [-0.05, 0) is 44.2 Å². The van der Waals surface area contributed by atoms with Crippen LogP contribution in [0, 0.1) is 5.92 Å². The van der Waals surface area contributed by atoms with E-state index >= 15 is 0 Å². The van der Waals surface area contributed by atoms with Gasteiger partial charge in [-0.1, -0.05) is 36.8 Å². The van der Waals surface area contributed by atoms with Crippen LogP contribution in [0.15, 0.2) is 30.3 Å². The first-order valence-electron chi connectivity index (χ1n) is 9.88. The molecule has 25 heavy (non-hydrogen) atoms. The lowest BCUT2D eigenvalue weighted by molar-refractivity contribution is -0.149. The van der Waals surface area contributed by atoms with Crippen LogP contribution >= 0.6 is 0 Å². The Hall–Kier alpha value is -1.39. The summed E-state index contributed by atoms with van der Waals surface area (Å²) in [6.07, 6.45) is 5.83. The van der Waals surface area contributed by atoms with E-state index in [2.05, 4.69) is 41.1 Å². The van der Waals surface area contributed by atoms with Gasteiger partial charge < -0.3 is 4.74 Å². The topological polar surface area (TPSA) is 32.8 Å². The van der Waals surface area contributed by atoms with Crippen molar-refractivity contribution in [1.29, 1.82) is 0 Å². The molecule has 2 saturated heterocycles. The highest BCUT2D eigenvalue weighted by Crippen LogP contribution is 2.40. The number of rotatable bonds is 5. The van der Waals surface area contributed by atoms with Crippen LogP contribution in [0.3, 0.4) is 0 Å². The molecule has 0 amide bonds. The average molecular weight is 342 g/mol. The number of carbonyl (C=O) groups is 1. The van der Waals surface area contributed by atoms with Crippen LogP contribution < -0.4 is 0 Å². The van der Waals surface area contributed by atoms with Gasteiger partial charge in [0.15, 0.2) is 0 Å². The number of ether oxygens (including phenoxy) is 1. The van der Waals surface area contributed by atoms with E-state index < -0.39 is 0 Å². The number of hydrogen-bond donors (Lipinski definition) is 0. The van der Waals surface area contributed by atoms with Crippen LogP contribution in [0.4, 0.5) is 0 Å². The van der Waals surface area contributed by atoms with Gasteiger partial charge in [-0.25, -0.2) is 0 Å². The maximum absolute atomic E-state index is 12.6. The second-order valence-corrected chi connectivity index (χ2v) is 8.03. The van der Waals surface area contributed by atoms with E-state index in [9.17, 15) is 4.79 Å². The molecular weight excluding hydrogens is 312 g/mol. The molecule has 136 valence electrons. The highest BCUT2D eigenvalue weighted by molar-refractivity contribution is 5.74. The summed E-state index contributed by atoms with van der Waals surface area (Å²) in [4.78, 5) is 17.6. The molecular formula is C21H30N2O2. The van der Waals surface area contributed by atoms with E-state index in [0.29, 0.717) is 24.6 Å². The lowest BCUT2D eigenvalue weighted by atomic mass is 9.89. The second kappa shape index (κ2) is 7.46. The van der Waals surface area contributed by atoms with Crippen LogP contribution in [-0.4, -0.2) is 61.1 Å². The summed E-state index contributed by atoms with van der Waals surface area (Å²) in [6, 6.07) is 11.9. The molecule has 0 N–H and O–H groups in total. The summed E-state index contributed by atoms with van der Waals surface area (Å²) < 4.78 is 5.70. The van der Waals surface area contributed by atoms with Crippen molar-refractivity contribution in [2.45, 2.75) is 50.1 Å². The first-order chi connectivity index (χ1) is 12.2. The summed E-state index contributed by atoms with van der Waals surface area (Å²) in [6.45, 7) is 3.68. The van der Waals surface area contributed by atoms with Gasteiger partial charge in [-0.3, -0.25) is 14.6 Å². The fraction of sp³-hybridized carbons (Fsp3) is 0.667. The maximum Gasteiger partial charge on any atom is 0.309 e. The quantitative estimate of drug-likeness (QED) is 0.771. The first kappa shape index (κ1) is 17.0. The summed E-state index contributed by atoms with van der Waals surface area (Å²) in [5, 5.41) is 0. The standard InChI is InChI=1S/C21H30N2O2/c1-22-17-10-11-18(22)15-23(14-17)12-13-25-21(24)20-9-5-8-19(20)16-6-3-2-4-7-16/h2-4,6-7,17-20H,5,8-15H2,1H3. The number of piperazine rings is 1. The molecule has 0 aromatic heterocycles. The molecule has 4 unspecified atom stereocenters. The molecule has 1 aromatic rings. The second-order valence-electron chi connectivity index (χ2n) is 8.03. The summed E-state index contributed by atoms with van der Waals surface area (Å²) in [7, 11) is 2.25. The Morgan fingerprint density at radius 3 is 2.52 bits per heavy atom. The number of carbonyl (C=O) groups excluding carboxylic acids is 1. The molecule has 0 spiro atoms. The minimum atomic E-state index is 0.0171. The molecule has 0 radical (unpaired) electrons. The van der Waals surface area contributed by atoms with Gasteiger partial charge in [0.1, 0.15) is 6.61 Å². The Labute approximate surface area is 151 Å². The van der Waals surface area contributed by atoms with Gasteiger partial charge in [0.05, 0.1) is 5.92 Å². The largest absolute Gasteiger partial charge is 0.464 e. The van der Waals surface area contributed by atoms with Crippen molar-refractivity contribution in [3.8, 4) is 0 Å². The van der Waals surface area contributed by atoms with Crippen LogP contribution in [0.5, 0.6) is 0 Å². The molecule has 1 aliphatic carbocycles. The molecule has 4 atom stereocenters.